The van der Waals surface area contributed by atoms with E-state index in [0.717, 1.165) is 18.7 Å². The van der Waals surface area contributed by atoms with Gasteiger partial charge in [-0.15, -0.1) is 0 Å². The number of rotatable bonds is 6. The predicted octanol–water partition coefficient (Wildman–Crippen LogP) is 3.58. The van der Waals surface area contributed by atoms with Crippen LogP contribution >= 0.6 is 0 Å². The number of hydrogen-bond donors (Lipinski definition) is 2. The summed E-state index contributed by atoms with van der Waals surface area (Å²) < 4.78 is 13.5. The Balaban J connectivity index is 2.05. The van der Waals surface area contributed by atoms with Crippen LogP contribution in [0.15, 0.2) is 48.5 Å². The monoisotopic (exact) mass is 286 g/mol. The predicted molar refractivity (Wildman–Crippen MR) is 82.8 cm³/mol. The van der Waals surface area contributed by atoms with Crippen molar-refractivity contribution in [1.29, 1.82) is 0 Å². The second kappa shape index (κ2) is 7.43. The van der Waals surface area contributed by atoms with Crippen molar-refractivity contribution in [3.05, 3.63) is 65.5 Å². The van der Waals surface area contributed by atoms with E-state index >= 15 is 0 Å². The molecule has 2 N–H and O–H groups in total. The number of para-hydroxylation sites is 1. The Kier molecular flexibility index (Phi) is 5.32. The van der Waals surface area contributed by atoms with Crippen LogP contribution in [0.4, 0.5) is 10.1 Å². The van der Waals surface area contributed by atoms with Gasteiger partial charge in [0.25, 0.3) is 5.91 Å². The standard InChI is InChI=1S/C17H19FN2O/c1-2-11-19-16-10-6-4-8-14(16)17(21)20-12-13-7-3-5-9-15(13)18/h3-10,19H,2,11-12H2,1H3,(H,20,21). The molecule has 0 radical (unpaired) electrons. The molecule has 0 atom stereocenters. The van der Waals surface area contributed by atoms with E-state index in [2.05, 4.69) is 17.6 Å². The van der Waals surface area contributed by atoms with Crippen LogP contribution in [0.2, 0.25) is 0 Å². The smallest absolute Gasteiger partial charge is 0.253 e. The Morgan fingerprint density at radius 2 is 1.81 bits per heavy atom. The van der Waals surface area contributed by atoms with Crippen molar-refractivity contribution in [3.8, 4) is 0 Å². The van der Waals surface area contributed by atoms with E-state index in [0.29, 0.717) is 11.1 Å². The third-order valence-electron chi connectivity index (χ3n) is 3.13. The molecule has 21 heavy (non-hydrogen) atoms. The van der Waals surface area contributed by atoms with Crippen molar-refractivity contribution in [2.45, 2.75) is 19.9 Å². The molecule has 2 aromatic carbocycles. The molecule has 0 fully saturated rings. The highest BCUT2D eigenvalue weighted by Crippen LogP contribution is 2.15. The van der Waals surface area contributed by atoms with Crippen LogP contribution in [0, 0.1) is 5.82 Å². The first-order chi connectivity index (χ1) is 10.2. The summed E-state index contributed by atoms with van der Waals surface area (Å²) in [6.07, 6.45) is 0.977. The number of halogens is 1. The highest BCUT2D eigenvalue weighted by molar-refractivity contribution is 5.99. The van der Waals surface area contributed by atoms with E-state index in [1.807, 2.05) is 18.2 Å². The van der Waals surface area contributed by atoms with E-state index in [1.165, 1.54) is 6.07 Å². The van der Waals surface area contributed by atoms with Crippen molar-refractivity contribution < 1.29 is 9.18 Å². The highest BCUT2D eigenvalue weighted by atomic mass is 19.1. The Labute approximate surface area is 124 Å². The van der Waals surface area contributed by atoms with Crippen LogP contribution in [0.5, 0.6) is 0 Å². The molecule has 2 aromatic rings. The summed E-state index contributed by atoms with van der Waals surface area (Å²) in [6, 6.07) is 13.8. The molecule has 1 amide bonds. The number of amides is 1. The first kappa shape index (κ1) is 15.0. The van der Waals surface area contributed by atoms with E-state index in [-0.39, 0.29) is 18.3 Å². The lowest BCUT2D eigenvalue weighted by molar-refractivity contribution is 0.0951. The topological polar surface area (TPSA) is 41.1 Å². The molecule has 0 aliphatic rings. The minimum atomic E-state index is -0.310. The third-order valence-corrected chi connectivity index (χ3v) is 3.13. The molecular formula is C17H19FN2O. The number of carbonyl (C=O) groups is 1. The van der Waals surface area contributed by atoms with Crippen molar-refractivity contribution in [1.82, 2.24) is 5.32 Å². The molecule has 0 aromatic heterocycles. The number of hydrogen-bond acceptors (Lipinski definition) is 2. The lowest BCUT2D eigenvalue weighted by Crippen LogP contribution is -2.24. The lowest BCUT2D eigenvalue weighted by Gasteiger charge is -2.12. The van der Waals surface area contributed by atoms with Crippen LogP contribution in [-0.2, 0) is 6.54 Å². The molecule has 2 rings (SSSR count). The summed E-state index contributed by atoms with van der Waals surface area (Å²) in [5.74, 6) is -0.521. The maximum absolute atomic E-state index is 13.5. The average molecular weight is 286 g/mol. The normalized spacial score (nSPS) is 10.2. The van der Waals surface area contributed by atoms with Crippen LogP contribution in [0.25, 0.3) is 0 Å². The molecule has 0 aliphatic carbocycles. The Bertz CT molecular complexity index is 613. The number of anilines is 1. The summed E-state index contributed by atoms with van der Waals surface area (Å²) in [4.78, 5) is 12.2. The third kappa shape index (κ3) is 4.05. The van der Waals surface area contributed by atoms with Crippen molar-refractivity contribution in [2.24, 2.45) is 0 Å². The van der Waals surface area contributed by atoms with Crippen molar-refractivity contribution in [3.63, 3.8) is 0 Å². The molecule has 0 aliphatic heterocycles. The molecule has 0 saturated carbocycles. The molecule has 0 bridgehead atoms. The minimum absolute atomic E-state index is 0.174. The van der Waals surface area contributed by atoms with E-state index in [1.54, 1.807) is 24.3 Å². The zero-order valence-corrected chi connectivity index (χ0v) is 12.0. The molecule has 4 heteroatoms. The fourth-order valence-electron chi connectivity index (χ4n) is 2.01. The minimum Gasteiger partial charge on any atom is -0.384 e. The molecule has 0 spiro atoms. The van der Waals surface area contributed by atoms with Gasteiger partial charge in [0, 0.05) is 24.3 Å². The molecular weight excluding hydrogens is 267 g/mol. The summed E-state index contributed by atoms with van der Waals surface area (Å²) >= 11 is 0. The Hall–Kier alpha value is -2.36. The van der Waals surface area contributed by atoms with Gasteiger partial charge in [-0.3, -0.25) is 4.79 Å². The van der Waals surface area contributed by atoms with Crippen LogP contribution in [-0.4, -0.2) is 12.5 Å². The summed E-state index contributed by atoms with van der Waals surface area (Å²) in [6.45, 7) is 3.04. The van der Waals surface area contributed by atoms with Gasteiger partial charge in [-0.1, -0.05) is 37.3 Å². The Morgan fingerprint density at radius 1 is 1.10 bits per heavy atom. The van der Waals surface area contributed by atoms with E-state index in [9.17, 15) is 9.18 Å². The lowest BCUT2D eigenvalue weighted by atomic mass is 10.1. The molecule has 0 heterocycles. The summed E-state index contributed by atoms with van der Waals surface area (Å²) in [7, 11) is 0. The van der Waals surface area contributed by atoms with Crippen LogP contribution in [0.1, 0.15) is 29.3 Å². The van der Waals surface area contributed by atoms with Gasteiger partial charge in [0.05, 0.1) is 5.56 Å². The molecule has 0 saturated heterocycles. The first-order valence-corrected chi connectivity index (χ1v) is 7.07. The SMILES string of the molecule is CCCNc1ccccc1C(=O)NCc1ccccc1F. The quantitative estimate of drug-likeness (QED) is 0.852. The number of carbonyl (C=O) groups excluding carboxylic acids is 1. The van der Waals surface area contributed by atoms with Gasteiger partial charge < -0.3 is 10.6 Å². The number of benzene rings is 2. The number of nitrogens with one attached hydrogen (secondary N) is 2. The van der Waals surface area contributed by atoms with Gasteiger partial charge in [0.1, 0.15) is 5.82 Å². The van der Waals surface area contributed by atoms with Gasteiger partial charge in [-0.2, -0.15) is 0 Å². The van der Waals surface area contributed by atoms with Crippen LogP contribution < -0.4 is 10.6 Å². The maximum atomic E-state index is 13.5. The fourth-order valence-corrected chi connectivity index (χ4v) is 2.01. The van der Waals surface area contributed by atoms with E-state index < -0.39 is 0 Å². The van der Waals surface area contributed by atoms with Gasteiger partial charge in [0.2, 0.25) is 0 Å². The zero-order valence-electron chi connectivity index (χ0n) is 12.0. The fraction of sp³-hybridized carbons (Fsp3) is 0.235. The van der Waals surface area contributed by atoms with Crippen molar-refractivity contribution >= 4 is 11.6 Å². The zero-order chi connectivity index (χ0) is 15.1. The van der Waals surface area contributed by atoms with Crippen LogP contribution in [0.3, 0.4) is 0 Å². The van der Waals surface area contributed by atoms with Gasteiger partial charge >= 0.3 is 0 Å². The molecule has 0 unspecified atom stereocenters. The van der Waals surface area contributed by atoms with Gasteiger partial charge in [-0.25, -0.2) is 4.39 Å². The van der Waals surface area contributed by atoms with Gasteiger partial charge in [-0.05, 0) is 24.6 Å². The van der Waals surface area contributed by atoms with E-state index in [4.69, 9.17) is 0 Å². The highest BCUT2D eigenvalue weighted by Gasteiger charge is 2.11. The largest absolute Gasteiger partial charge is 0.384 e. The average Bonchev–Trinajstić information content (AvgIpc) is 2.52. The summed E-state index contributed by atoms with van der Waals surface area (Å²) in [5.41, 5.74) is 1.84. The van der Waals surface area contributed by atoms with Crippen molar-refractivity contribution in [2.75, 3.05) is 11.9 Å². The first-order valence-electron chi connectivity index (χ1n) is 7.07. The summed E-state index contributed by atoms with van der Waals surface area (Å²) in [5, 5.41) is 5.97. The molecule has 3 nitrogen and oxygen atoms in total. The second-order valence-electron chi connectivity index (χ2n) is 4.75. The maximum Gasteiger partial charge on any atom is 0.253 e. The van der Waals surface area contributed by atoms with Gasteiger partial charge in [0.15, 0.2) is 0 Å². The molecule has 110 valence electrons. The second-order valence-corrected chi connectivity index (χ2v) is 4.75. The Morgan fingerprint density at radius 3 is 2.57 bits per heavy atom.